The predicted molar refractivity (Wildman–Crippen MR) is 71.8 cm³/mol. The first-order valence-corrected chi connectivity index (χ1v) is 7.34. The third-order valence-electron chi connectivity index (χ3n) is 3.87. The molecule has 1 saturated carbocycles. The fourth-order valence-electron chi connectivity index (χ4n) is 2.88. The number of rotatable bonds is 6. The maximum Gasteiger partial charge on any atom is 0.303 e. The van der Waals surface area contributed by atoms with Crippen LogP contribution in [0.5, 0.6) is 0 Å². The average molecular weight is 268 g/mol. The van der Waals surface area contributed by atoms with E-state index >= 15 is 0 Å². The molecule has 108 valence electrons. The second-order valence-corrected chi connectivity index (χ2v) is 5.89. The van der Waals surface area contributed by atoms with Gasteiger partial charge in [0.2, 0.25) is 5.91 Å². The lowest BCUT2D eigenvalue weighted by Crippen LogP contribution is -2.52. The summed E-state index contributed by atoms with van der Waals surface area (Å²) in [5, 5.41) is 12.5. The highest BCUT2D eigenvalue weighted by molar-refractivity contribution is 5.76. The predicted octanol–water partition coefficient (Wildman–Crippen LogP) is 1.23. The highest BCUT2D eigenvalue weighted by Gasteiger charge is 2.33. The van der Waals surface area contributed by atoms with E-state index in [9.17, 15) is 9.59 Å². The highest BCUT2D eigenvalue weighted by atomic mass is 16.4. The van der Waals surface area contributed by atoms with Gasteiger partial charge in [-0.2, -0.15) is 0 Å². The molecule has 0 bridgehead atoms. The number of nitrogens with one attached hydrogen (secondary N) is 1. The number of carbonyl (C=O) groups is 2. The molecule has 1 heterocycles. The van der Waals surface area contributed by atoms with Gasteiger partial charge in [-0.05, 0) is 31.6 Å². The van der Waals surface area contributed by atoms with Gasteiger partial charge in [-0.15, -0.1) is 0 Å². The molecule has 5 heteroatoms. The summed E-state index contributed by atoms with van der Waals surface area (Å²) >= 11 is 0. The molecule has 0 spiro atoms. The lowest BCUT2D eigenvalue weighted by atomic mass is 9.91. The molecular formula is C14H24N2O3. The van der Waals surface area contributed by atoms with Crippen molar-refractivity contribution in [3.63, 3.8) is 0 Å². The Hall–Kier alpha value is -1.10. The van der Waals surface area contributed by atoms with Gasteiger partial charge < -0.3 is 15.3 Å². The van der Waals surface area contributed by atoms with Crippen LogP contribution in [0.1, 0.15) is 45.4 Å². The smallest absolute Gasteiger partial charge is 0.303 e. The van der Waals surface area contributed by atoms with Crippen LogP contribution in [0.25, 0.3) is 0 Å². The van der Waals surface area contributed by atoms with Crippen molar-refractivity contribution < 1.29 is 14.7 Å². The number of aliphatic carboxylic acids is 1. The van der Waals surface area contributed by atoms with E-state index in [-0.39, 0.29) is 24.3 Å². The van der Waals surface area contributed by atoms with E-state index in [0.717, 1.165) is 19.4 Å². The molecule has 1 amide bonds. The molecule has 2 aliphatic rings. The van der Waals surface area contributed by atoms with Crippen LogP contribution in [0.3, 0.4) is 0 Å². The van der Waals surface area contributed by atoms with E-state index in [2.05, 4.69) is 5.32 Å². The minimum Gasteiger partial charge on any atom is -0.481 e. The van der Waals surface area contributed by atoms with Crippen molar-refractivity contribution in [2.75, 3.05) is 13.1 Å². The van der Waals surface area contributed by atoms with Crippen molar-refractivity contribution in [2.24, 2.45) is 5.92 Å². The fourth-order valence-corrected chi connectivity index (χ4v) is 2.88. The molecule has 1 saturated heterocycles. The highest BCUT2D eigenvalue weighted by Crippen LogP contribution is 2.25. The van der Waals surface area contributed by atoms with E-state index in [1.54, 1.807) is 0 Å². The van der Waals surface area contributed by atoms with Gasteiger partial charge in [0.25, 0.3) is 0 Å². The summed E-state index contributed by atoms with van der Waals surface area (Å²) < 4.78 is 0. The molecule has 2 fully saturated rings. The second-order valence-electron chi connectivity index (χ2n) is 5.89. The molecule has 0 radical (unpaired) electrons. The van der Waals surface area contributed by atoms with Crippen molar-refractivity contribution in [3.8, 4) is 0 Å². The summed E-state index contributed by atoms with van der Waals surface area (Å²) in [6.07, 6.45) is 4.87. The number of likely N-dealkylation sites (tertiary alicyclic amines) is 1. The van der Waals surface area contributed by atoms with Gasteiger partial charge in [0.05, 0.1) is 0 Å². The standard InChI is InChI=1S/C14H24N2O3/c1-2-3-13(17)16-8-10(7-14(18)19)6-12(9-16)15-11-4-5-11/h10-12,15H,2-9H2,1H3,(H,18,19). The van der Waals surface area contributed by atoms with Crippen LogP contribution in [-0.2, 0) is 9.59 Å². The van der Waals surface area contributed by atoms with Crippen LogP contribution in [-0.4, -0.2) is 47.1 Å². The number of piperidine rings is 1. The van der Waals surface area contributed by atoms with Crippen LogP contribution >= 0.6 is 0 Å². The van der Waals surface area contributed by atoms with Crippen LogP contribution < -0.4 is 5.32 Å². The van der Waals surface area contributed by atoms with Crippen molar-refractivity contribution >= 4 is 11.9 Å². The van der Waals surface area contributed by atoms with Gasteiger partial charge in [-0.25, -0.2) is 0 Å². The Kier molecular flexibility index (Phi) is 4.80. The van der Waals surface area contributed by atoms with Crippen LogP contribution in [0, 0.1) is 5.92 Å². The first-order valence-electron chi connectivity index (χ1n) is 7.34. The molecule has 1 aliphatic heterocycles. The van der Waals surface area contributed by atoms with Gasteiger partial charge in [0.15, 0.2) is 0 Å². The van der Waals surface area contributed by atoms with E-state index in [1.165, 1.54) is 12.8 Å². The van der Waals surface area contributed by atoms with E-state index in [4.69, 9.17) is 5.11 Å². The Balaban J connectivity index is 1.93. The molecule has 0 aromatic heterocycles. The Morgan fingerprint density at radius 2 is 2.00 bits per heavy atom. The van der Waals surface area contributed by atoms with Crippen LogP contribution in [0.4, 0.5) is 0 Å². The molecule has 2 unspecified atom stereocenters. The normalized spacial score (nSPS) is 27.3. The Morgan fingerprint density at radius 3 is 2.58 bits per heavy atom. The van der Waals surface area contributed by atoms with E-state index in [1.807, 2.05) is 11.8 Å². The minimum absolute atomic E-state index is 0.0864. The summed E-state index contributed by atoms with van der Waals surface area (Å²) in [6, 6.07) is 0.864. The molecule has 1 aliphatic carbocycles. The number of carbonyl (C=O) groups excluding carboxylic acids is 1. The van der Waals surface area contributed by atoms with Gasteiger partial charge in [0, 0.05) is 38.0 Å². The SMILES string of the molecule is CCCC(=O)N1CC(CC(=O)O)CC(NC2CC2)C1. The lowest BCUT2D eigenvalue weighted by Gasteiger charge is -2.38. The number of nitrogens with zero attached hydrogens (tertiary/aromatic N) is 1. The zero-order chi connectivity index (χ0) is 13.8. The monoisotopic (exact) mass is 268 g/mol. The summed E-state index contributed by atoms with van der Waals surface area (Å²) in [4.78, 5) is 24.8. The Labute approximate surface area is 114 Å². The third-order valence-corrected chi connectivity index (χ3v) is 3.87. The van der Waals surface area contributed by atoms with Gasteiger partial charge in [-0.1, -0.05) is 6.92 Å². The molecular weight excluding hydrogens is 244 g/mol. The van der Waals surface area contributed by atoms with E-state index in [0.29, 0.717) is 19.0 Å². The first kappa shape index (κ1) is 14.3. The number of amides is 1. The zero-order valence-electron chi connectivity index (χ0n) is 11.6. The molecule has 0 aromatic carbocycles. The summed E-state index contributed by atoms with van der Waals surface area (Å²) in [5.41, 5.74) is 0. The maximum absolute atomic E-state index is 12.0. The molecule has 0 aromatic rings. The number of hydrogen-bond donors (Lipinski definition) is 2. The van der Waals surface area contributed by atoms with E-state index < -0.39 is 5.97 Å². The molecule has 2 atom stereocenters. The van der Waals surface area contributed by atoms with Crippen molar-refractivity contribution in [2.45, 2.75) is 57.5 Å². The van der Waals surface area contributed by atoms with Gasteiger partial charge >= 0.3 is 5.97 Å². The topological polar surface area (TPSA) is 69.6 Å². The fraction of sp³-hybridized carbons (Fsp3) is 0.857. The minimum atomic E-state index is -0.764. The number of carboxylic acid groups (broad SMARTS) is 1. The molecule has 2 N–H and O–H groups in total. The van der Waals surface area contributed by atoms with Crippen LogP contribution in [0.2, 0.25) is 0 Å². The summed E-state index contributed by atoms with van der Waals surface area (Å²) in [6.45, 7) is 3.34. The summed E-state index contributed by atoms with van der Waals surface area (Å²) in [7, 11) is 0. The van der Waals surface area contributed by atoms with Crippen molar-refractivity contribution in [1.82, 2.24) is 10.2 Å². The third kappa shape index (κ3) is 4.49. The summed E-state index contributed by atoms with van der Waals surface area (Å²) in [5.74, 6) is -0.511. The zero-order valence-corrected chi connectivity index (χ0v) is 11.6. The van der Waals surface area contributed by atoms with Crippen LogP contribution in [0.15, 0.2) is 0 Å². The van der Waals surface area contributed by atoms with Gasteiger partial charge in [0.1, 0.15) is 0 Å². The quantitative estimate of drug-likeness (QED) is 0.760. The Morgan fingerprint density at radius 1 is 1.26 bits per heavy atom. The molecule has 19 heavy (non-hydrogen) atoms. The Bertz CT molecular complexity index is 342. The van der Waals surface area contributed by atoms with Crippen molar-refractivity contribution in [1.29, 1.82) is 0 Å². The first-order chi connectivity index (χ1) is 9.08. The maximum atomic E-state index is 12.0. The number of hydrogen-bond acceptors (Lipinski definition) is 3. The van der Waals surface area contributed by atoms with Crippen molar-refractivity contribution in [3.05, 3.63) is 0 Å². The molecule has 2 rings (SSSR count). The second kappa shape index (κ2) is 6.37. The average Bonchev–Trinajstić information content (AvgIpc) is 3.12. The lowest BCUT2D eigenvalue weighted by molar-refractivity contribution is -0.141. The molecule has 5 nitrogen and oxygen atoms in total. The van der Waals surface area contributed by atoms with Gasteiger partial charge in [-0.3, -0.25) is 9.59 Å². The largest absolute Gasteiger partial charge is 0.481 e. The number of carboxylic acids is 1.